The number of aliphatic hydroxyl groups excluding tert-OH is 1. The average Bonchev–Trinajstić information content (AvgIpc) is 2.88. The van der Waals surface area contributed by atoms with Crippen LogP contribution in [0, 0.1) is 16.7 Å². The monoisotopic (exact) mass is 330 g/mol. The number of aldehydes is 1. The maximum atomic E-state index is 12.2. The zero-order chi connectivity index (χ0) is 17.7. The molecule has 0 bridgehead atoms. The second-order valence-electron chi connectivity index (χ2n) is 8.02. The standard InChI is InChI=1S/C20H26O4/c1-12(2)14-6-7-20(18(23)24)9-8-19(3)15(17(14)20)5-4-13(11-21)10-16(19)22/h4-5,11-12,16,22H,6-10H2,1-3H3,(H,23,24). The van der Waals surface area contributed by atoms with Crippen LogP contribution in [0.25, 0.3) is 0 Å². The van der Waals surface area contributed by atoms with Crippen molar-refractivity contribution < 1.29 is 19.8 Å². The molecule has 0 radical (unpaired) electrons. The summed E-state index contributed by atoms with van der Waals surface area (Å²) in [6.07, 6.45) is 6.72. The lowest BCUT2D eigenvalue weighted by Crippen LogP contribution is -2.45. The molecule has 3 atom stereocenters. The highest BCUT2D eigenvalue weighted by molar-refractivity contribution is 5.83. The normalized spacial score (nSPS) is 35.8. The van der Waals surface area contributed by atoms with E-state index >= 15 is 0 Å². The summed E-state index contributed by atoms with van der Waals surface area (Å²) in [6.45, 7) is 6.22. The minimum atomic E-state index is -0.829. The highest BCUT2D eigenvalue weighted by Gasteiger charge is 2.57. The van der Waals surface area contributed by atoms with Crippen molar-refractivity contribution in [2.24, 2.45) is 16.7 Å². The quantitative estimate of drug-likeness (QED) is 0.778. The lowest BCUT2D eigenvalue weighted by atomic mass is 9.57. The fourth-order valence-corrected chi connectivity index (χ4v) is 4.79. The largest absolute Gasteiger partial charge is 0.481 e. The van der Waals surface area contributed by atoms with Gasteiger partial charge in [-0.3, -0.25) is 9.59 Å². The van der Waals surface area contributed by atoms with Crippen molar-refractivity contribution in [3.05, 3.63) is 34.4 Å². The minimum absolute atomic E-state index is 0.277. The van der Waals surface area contributed by atoms with Gasteiger partial charge in [0, 0.05) is 11.8 Å². The molecule has 3 aliphatic rings. The van der Waals surface area contributed by atoms with Gasteiger partial charge in [0.15, 0.2) is 0 Å². The number of hydrogen-bond acceptors (Lipinski definition) is 3. The number of allylic oxidation sites excluding steroid dienone is 3. The summed E-state index contributed by atoms with van der Waals surface area (Å²) in [6, 6.07) is 0. The van der Waals surface area contributed by atoms with Crippen molar-refractivity contribution in [3.63, 3.8) is 0 Å². The summed E-state index contributed by atoms with van der Waals surface area (Å²) in [5.41, 5.74) is 2.30. The molecule has 3 unspecified atom stereocenters. The Bertz CT molecular complexity index is 682. The molecule has 130 valence electrons. The molecule has 3 aliphatic carbocycles. The van der Waals surface area contributed by atoms with E-state index in [1.807, 2.05) is 13.0 Å². The summed E-state index contributed by atoms with van der Waals surface area (Å²) >= 11 is 0. The molecule has 24 heavy (non-hydrogen) atoms. The fourth-order valence-electron chi connectivity index (χ4n) is 4.79. The Kier molecular flexibility index (Phi) is 4.07. The number of carbonyl (C=O) groups excluding carboxylic acids is 1. The molecule has 2 N–H and O–H groups in total. The average molecular weight is 330 g/mol. The van der Waals surface area contributed by atoms with Gasteiger partial charge in [0.25, 0.3) is 0 Å². The van der Waals surface area contributed by atoms with Gasteiger partial charge in [0.1, 0.15) is 6.29 Å². The predicted octanol–water partition coefficient (Wildman–Crippen LogP) is 3.42. The van der Waals surface area contributed by atoms with Gasteiger partial charge < -0.3 is 10.2 Å². The van der Waals surface area contributed by atoms with Crippen molar-refractivity contribution in [2.45, 2.75) is 59.0 Å². The number of aliphatic hydroxyl groups is 1. The summed E-state index contributed by atoms with van der Waals surface area (Å²) in [7, 11) is 0. The zero-order valence-electron chi connectivity index (χ0n) is 14.6. The number of aliphatic carboxylic acids is 1. The van der Waals surface area contributed by atoms with Crippen LogP contribution < -0.4 is 0 Å². The minimum Gasteiger partial charge on any atom is -0.481 e. The van der Waals surface area contributed by atoms with E-state index in [1.54, 1.807) is 6.08 Å². The zero-order valence-corrected chi connectivity index (χ0v) is 14.6. The third kappa shape index (κ3) is 2.23. The van der Waals surface area contributed by atoms with E-state index < -0.39 is 22.9 Å². The van der Waals surface area contributed by atoms with Crippen LogP contribution in [0.15, 0.2) is 34.4 Å². The topological polar surface area (TPSA) is 74.6 Å². The Morgan fingerprint density at radius 1 is 1.29 bits per heavy atom. The maximum Gasteiger partial charge on any atom is 0.314 e. The summed E-state index contributed by atoms with van der Waals surface area (Å²) in [5.74, 6) is -0.478. The van der Waals surface area contributed by atoms with Crippen molar-refractivity contribution in [2.75, 3.05) is 0 Å². The third-order valence-electron chi connectivity index (χ3n) is 6.46. The first-order chi connectivity index (χ1) is 11.3. The van der Waals surface area contributed by atoms with E-state index in [9.17, 15) is 19.8 Å². The first-order valence-electron chi connectivity index (χ1n) is 8.78. The second kappa shape index (κ2) is 5.69. The molecule has 1 fully saturated rings. The lowest BCUT2D eigenvalue weighted by Gasteiger charge is -2.47. The highest BCUT2D eigenvalue weighted by Crippen LogP contribution is 2.62. The van der Waals surface area contributed by atoms with Gasteiger partial charge >= 0.3 is 5.97 Å². The van der Waals surface area contributed by atoms with Crippen molar-refractivity contribution in [1.82, 2.24) is 0 Å². The van der Waals surface area contributed by atoms with Crippen molar-refractivity contribution in [1.29, 1.82) is 0 Å². The van der Waals surface area contributed by atoms with Crippen molar-refractivity contribution >= 4 is 12.3 Å². The molecular weight excluding hydrogens is 304 g/mol. The third-order valence-corrected chi connectivity index (χ3v) is 6.46. The van der Waals surface area contributed by atoms with Gasteiger partial charge in [-0.05, 0) is 48.3 Å². The molecule has 0 aromatic heterocycles. The van der Waals surface area contributed by atoms with Crippen LogP contribution in [0.1, 0.15) is 52.9 Å². The Balaban J connectivity index is 2.25. The molecular formula is C20H26O4. The van der Waals surface area contributed by atoms with E-state index in [0.717, 1.165) is 23.9 Å². The van der Waals surface area contributed by atoms with Crippen LogP contribution in [-0.4, -0.2) is 28.6 Å². The smallest absolute Gasteiger partial charge is 0.314 e. The van der Waals surface area contributed by atoms with Gasteiger partial charge in [-0.1, -0.05) is 38.5 Å². The number of carboxylic acid groups (broad SMARTS) is 1. The molecule has 0 spiro atoms. The Labute approximate surface area is 142 Å². The Morgan fingerprint density at radius 3 is 2.58 bits per heavy atom. The van der Waals surface area contributed by atoms with Crippen LogP contribution in [0.4, 0.5) is 0 Å². The van der Waals surface area contributed by atoms with E-state index in [4.69, 9.17) is 0 Å². The highest BCUT2D eigenvalue weighted by atomic mass is 16.4. The van der Waals surface area contributed by atoms with Crippen LogP contribution >= 0.6 is 0 Å². The Morgan fingerprint density at radius 2 is 2.00 bits per heavy atom. The molecule has 0 aromatic rings. The summed E-state index contributed by atoms with van der Waals surface area (Å²) in [5, 5.41) is 20.8. The van der Waals surface area contributed by atoms with Crippen LogP contribution in [0.2, 0.25) is 0 Å². The number of rotatable bonds is 3. The molecule has 0 saturated heterocycles. The van der Waals surface area contributed by atoms with Gasteiger partial charge in [0.05, 0.1) is 11.5 Å². The molecule has 4 nitrogen and oxygen atoms in total. The molecule has 4 heteroatoms. The number of carboxylic acids is 1. The SMILES string of the molecule is CC(C)C1=C2C3=CC=C(C=O)CC(O)C3(C)CCC2(C(=O)O)CC1. The van der Waals surface area contributed by atoms with Gasteiger partial charge in [-0.25, -0.2) is 0 Å². The van der Waals surface area contributed by atoms with E-state index in [0.29, 0.717) is 31.3 Å². The molecule has 0 amide bonds. The van der Waals surface area contributed by atoms with Gasteiger partial charge in [-0.15, -0.1) is 0 Å². The lowest BCUT2D eigenvalue weighted by molar-refractivity contribution is -0.148. The van der Waals surface area contributed by atoms with E-state index in [-0.39, 0.29) is 5.92 Å². The van der Waals surface area contributed by atoms with E-state index in [1.165, 1.54) is 5.57 Å². The molecule has 3 rings (SSSR count). The molecule has 0 aromatic carbocycles. The van der Waals surface area contributed by atoms with Crippen molar-refractivity contribution in [3.8, 4) is 0 Å². The van der Waals surface area contributed by atoms with Gasteiger partial charge in [-0.2, -0.15) is 0 Å². The number of fused-ring (bicyclic) bond motifs is 3. The first kappa shape index (κ1) is 17.2. The summed E-state index contributed by atoms with van der Waals surface area (Å²) in [4.78, 5) is 23.4. The first-order valence-corrected chi connectivity index (χ1v) is 8.78. The molecule has 0 heterocycles. The van der Waals surface area contributed by atoms with E-state index in [2.05, 4.69) is 13.8 Å². The predicted molar refractivity (Wildman–Crippen MR) is 91.4 cm³/mol. The maximum absolute atomic E-state index is 12.2. The molecule has 1 saturated carbocycles. The van der Waals surface area contributed by atoms with Crippen LogP contribution in [0.5, 0.6) is 0 Å². The number of hydrogen-bond donors (Lipinski definition) is 2. The fraction of sp³-hybridized carbons (Fsp3) is 0.600. The van der Waals surface area contributed by atoms with Crippen LogP contribution in [-0.2, 0) is 9.59 Å². The number of carbonyl (C=O) groups is 2. The van der Waals surface area contributed by atoms with Crippen LogP contribution in [0.3, 0.4) is 0 Å². The second-order valence-corrected chi connectivity index (χ2v) is 8.02. The molecule has 0 aliphatic heterocycles. The summed E-state index contributed by atoms with van der Waals surface area (Å²) < 4.78 is 0. The Hall–Kier alpha value is -1.68. The van der Waals surface area contributed by atoms with Gasteiger partial charge in [0.2, 0.25) is 0 Å².